The minimum atomic E-state index is -3.96. The molecular formula is C3H6ClF3. The average molecular weight is 135 g/mol. The molecule has 0 saturated carbocycles. The number of halogens is 4. The van der Waals surface area contributed by atoms with Crippen molar-refractivity contribution in [2.24, 2.45) is 0 Å². The van der Waals surface area contributed by atoms with Gasteiger partial charge in [-0.3, -0.25) is 0 Å². The van der Waals surface area contributed by atoms with E-state index < -0.39 is 12.6 Å². The van der Waals surface area contributed by atoms with Crippen LogP contribution in [-0.2, 0) is 0 Å². The van der Waals surface area contributed by atoms with Gasteiger partial charge < -0.3 is 0 Å². The zero-order valence-electron chi connectivity index (χ0n) is 3.75. The van der Waals surface area contributed by atoms with Gasteiger partial charge in [0.05, 0.1) is 0 Å². The largest absolute Gasteiger partial charge is 0.388 e. The van der Waals surface area contributed by atoms with Gasteiger partial charge in [-0.1, -0.05) is 6.92 Å². The minimum absolute atomic E-state index is 0. The average Bonchev–Trinajstić information content (AvgIpc) is 1.35. The maximum atomic E-state index is 10.8. The number of hydrogen-bond acceptors (Lipinski definition) is 0. The summed E-state index contributed by atoms with van der Waals surface area (Å²) in [6.07, 6.45) is -4.69. The first-order valence-corrected chi connectivity index (χ1v) is 1.63. The molecule has 0 nitrogen and oxygen atoms in total. The van der Waals surface area contributed by atoms with E-state index in [4.69, 9.17) is 0 Å². The summed E-state index contributed by atoms with van der Waals surface area (Å²) in [6, 6.07) is 0. The molecule has 0 aromatic carbocycles. The summed E-state index contributed by atoms with van der Waals surface area (Å²) in [7, 11) is 0. The molecule has 0 atom stereocenters. The molecule has 0 aliphatic heterocycles. The highest BCUT2D eigenvalue weighted by Gasteiger charge is 2.22. The second-order valence-electron chi connectivity index (χ2n) is 0.969. The van der Waals surface area contributed by atoms with E-state index in [0.717, 1.165) is 6.92 Å². The third-order valence-corrected chi connectivity index (χ3v) is 0.401. The Morgan fingerprint density at radius 3 is 1.43 bits per heavy atom. The molecule has 0 aliphatic carbocycles. The first-order valence-electron chi connectivity index (χ1n) is 1.63. The Kier molecular flexibility index (Phi) is 4.54. The molecule has 0 aromatic heterocycles. The van der Waals surface area contributed by atoms with Crippen LogP contribution in [0.2, 0.25) is 0 Å². The molecule has 0 fully saturated rings. The van der Waals surface area contributed by atoms with E-state index in [9.17, 15) is 13.2 Å². The Bertz CT molecular complexity index is 39.9. The quantitative estimate of drug-likeness (QED) is 0.477. The summed E-state index contributed by atoms with van der Waals surface area (Å²) < 4.78 is 32.4. The third kappa shape index (κ3) is 10.7. The van der Waals surface area contributed by atoms with Gasteiger partial charge in [0, 0.05) is 6.42 Å². The van der Waals surface area contributed by atoms with Crippen molar-refractivity contribution in [2.45, 2.75) is 19.5 Å². The van der Waals surface area contributed by atoms with Crippen molar-refractivity contribution in [1.29, 1.82) is 0 Å². The van der Waals surface area contributed by atoms with E-state index in [1.807, 2.05) is 0 Å². The first kappa shape index (κ1) is 10.1. The van der Waals surface area contributed by atoms with E-state index in [-0.39, 0.29) is 12.4 Å². The molecule has 4 heteroatoms. The van der Waals surface area contributed by atoms with Crippen molar-refractivity contribution < 1.29 is 13.2 Å². The van der Waals surface area contributed by atoms with Gasteiger partial charge in [0.2, 0.25) is 0 Å². The third-order valence-electron chi connectivity index (χ3n) is 0.401. The lowest BCUT2D eigenvalue weighted by Crippen LogP contribution is -2.02. The van der Waals surface area contributed by atoms with E-state index in [1.54, 1.807) is 0 Å². The topological polar surface area (TPSA) is 0 Å². The fraction of sp³-hybridized carbons (Fsp3) is 1.00. The number of hydrogen-bond donors (Lipinski definition) is 0. The number of alkyl halides is 3. The van der Waals surface area contributed by atoms with Gasteiger partial charge in [-0.2, -0.15) is 13.2 Å². The van der Waals surface area contributed by atoms with Crippen molar-refractivity contribution in [1.82, 2.24) is 0 Å². The Morgan fingerprint density at radius 1 is 1.29 bits per heavy atom. The zero-order valence-corrected chi connectivity index (χ0v) is 4.57. The molecule has 0 N–H and O–H groups in total. The maximum Gasteiger partial charge on any atom is 0.388 e. The predicted octanol–water partition coefficient (Wildman–Crippen LogP) is 2.38. The minimum Gasteiger partial charge on any atom is -0.171 e. The van der Waals surface area contributed by atoms with Crippen molar-refractivity contribution in [3.05, 3.63) is 0 Å². The number of rotatable bonds is 0. The van der Waals surface area contributed by atoms with E-state index in [1.165, 1.54) is 0 Å². The van der Waals surface area contributed by atoms with Gasteiger partial charge in [0.15, 0.2) is 0 Å². The van der Waals surface area contributed by atoms with Crippen LogP contribution in [0.25, 0.3) is 0 Å². The molecule has 0 bridgehead atoms. The molecule has 0 spiro atoms. The summed E-state index contributed by atoms with van der Waals surface area (Å²) in [5.74, 6) is 0. The smallest absolute Gasteiger partial charge is 0.171 e. The molecule has 0 unspecified atom stereocenters. The van der Waals surface area contributed by atoms with Crippen molar-refractivity contribution in [3.63, 3.8) is 0 Å². The zero-order chi connectivity index (χ0) is 5.21. The maximum absolute atomic E-state index is 10.8. The van der Waals surface area contributed by atoms with Crippen molar-refractivity contribution in [3.8, 4) is 0 Å². The SMILES string of the molecule is CCC(F)(F)F.Cl. The van der Waals surface area contributed by atoms with Crippen molar-refractivity contribution >= 4 is 12.4 Å². The standard InChI is InChI=1S/C3H5F3.ClH/c1-2-3(4,5)6;/h2H2,1H3;1H. The molecule has 0 heterocycles. The summed E-state index contributed by atoms with van der Waals surface area (Å²) in [4.78, 5) is 0. The van der Waals surface area contributed by atoms with Crippen LogP contribution in [0.5, 0.6) is 0 Å². The Morgan fingerprint density at radius 2 is 1.43 bits per heavy atom. The molecule has 0 amide bonds. The van der Waals surface area contributed by atoms with Crippen LogP contribution < -0.4 is 0 Å². The second-order valence-corrected chi connectivity index (χ2v) is 0.969. The lowest BCUT2D eigenvalue weighted by molar-refractivity contribution is -0.130. The normalized spacial score (nSPS) is 10.3. The summed E-state index contributed by atoms with van der Waals surface area (Å²) in [5, 5.41) is 0. The molecule has 7 heavy (non-hydrogen) atoms. The summed E-state index contributed by atoms with van der Waals surface area (Å²) in [5.41, 5.74) is 0. The molecule has 0 radical (unpaired) electrons. The molecule has 46 valence electrons. The van der Waals surface area contributed by atoms with Gasteiger partial charge in [-0.15, -0.1) is 12.4 Å². The Balaban J connectivity index is 0. The van der Waals surface area contributed by atoms with E-state index in [0.29, 0.717) is 0 Å². The molecule has 0 aliphatic rings. The van der Waals surface area contributed by atoms with Crippen LogP contribution in [0.1, 0.15) is 13.3 Å². The van der Waals surface area contributed by atoms with Gasteiger partial charge >= 0.3 is 6.18 Å². The highest BCUT2D eigenvalue weighted by Crippen LogP contribution is 2.17. The van der Waals surface area contributed by atoms with E-state index >= 15 is 0 Å². The van der Waals surface area contributed by atoms with Gasteiger partial charge in [0.1, 0.15) is 0 Å². The summed E-state index contributed by atoms with van der Waals surface area (Å²) in [6.45, 7) is 1.08. The van der Waals surface area contributed by atoms with Crippen LogP contribution in [0.3, 0.4) is 0 Å². The fourth-order valence-electron chi connectivity index (χ4n) is 0. The molecular weight excluding hydrogens is 128 g/mol. The highest BCUT2D eigenvalue weighted by molar-refractivity contribution is 5.85. The molecule has 0 saturated heterocycles. The van der Waals surface area contributed by atoms with Crippen LogP contribution >= 0.6 is 12.4 Å². The summed E-state index contributed by atoms with van der Waals surface area (Å²) >= 11 is 0. The van der Waals surface area contributed by atoms with Crippen LogP contribution in [0.4, 0.5) is 13.2 Å². The Labute approximate surface area is 46.1 Å². The van der Waals surface area contributed by atoms with Gasteiger partial charge in [-0.25, -0.2) is 0 Å². The van der Waals surface area contributed by atoms with Crippen LogP contribution in [0.15, 0.2) is 0 Å². The lowest BCUT2D eigenvalue weighted by atomic mass is 10.5. The van der Waals surface area contributed by atoms with E-state index in [2.05, 4.69) is 0 Å². The van der Waals surface area contributed by atoms with Crippen molar-refractivity contribution in [2.75, 3.05) is 0 Å². The lowest BCUT2D eigenvalue weighted by Gasteiger charge is -1.96. The molecule has 0 aromatic rings. The molecule has 0 rings (SSSR count). The van der Waals surface area contributed by atoms with Gasteiger partial charge in [-0.05, 0) is 0 Å². The predicted molar refractivity (Wildman–Crippen MR) is 23.6 cm³/mol. The highest BCUT2D eigenvalue weighted by atomic mass is 35.5. The monoisotopic (exact) mass is 134 g/mol. The Hall–Kier alpha value is 0.0800. The van der Waals surface area contributed by atoms with Crippen LogP contribution in [-0.4, -0.2) is 6.18 Å². The second kappa shape index (κ2) is 3.13. The van der Waals surface area contributed by atoms with Gasteiger partial charge in [0.25, 0.3) is 0 Å². The fourth-order valence-corrected chi connectivity index (χ4v) is 0. The first-order chi connectivity index (χ1) is 2.56. The van der Waals surface area contributed by atoms with Crippen LogP contribution in [0, 0.1) is 0 Å².